The van der Waals surface area contributed by atoms with Crippen LogP contribution in [0.1, 0.15) is 36.9 Å². The Morgan fingerprint density at radius 3 is 2.44 bits per heavy atom. The van der Waals surface area contributed by atoms with Crippen LogP contribution in [-0.2, 0) is 16.0 Å². The van der Waals surface area contributed by atoms with E-state index in [0.717, 1.165) is 32.4 Å². The highest BCUT2D eigenvalue weighted by Crippen LogP contribution is 2.39. The number of hydrogen-bond donors (Lipinski definition) is 2. The zero-order chi connectivity index (χ0) is 25.5. The van der Waals surface area contributed by atoms with Gasteiger partial charge in [0, 0.05) is 17.8 Å². The van der Waals surface area contributed by atoms with Crippen molar-refractivity contribution in [3.63, 3.8) is 0 Å². The Hall–Kier alpha value is -3.52. The van der Waals surface area contributed by atoms with Gasteiger partial charge in [-0.25, -0.2) is 9.59 Å². The van der Waals surface area contributed by atoms with Crippen molar-refractivity contribution in [3.8, 4) is 11.5 Å². The number of carbonyl (C=O) groups excluding carboxylic acids is 2. The van der Waals surface area contributed by atoms with Crippen molar-refractivity contribution in [3.05, 3.63) is 70.9 Å². The summed E-state index contributed by atoms with van der Waals surface area (Å²) in [6, 6.07) is 14.9. The molecule has 0 radical (unpaired) electrons. The van der Waals surface area contributed by atoms with Gasteiger partial charge in [-0.1, -0.05) is 42.5 Å². The van der Waals surface area contributed by atoms with Gasteiger partial charge in [0.1, 0.15) is 0 Å². The number of methoxy groups -OCH3 is 2. The largest absolute Gasteiger partial charge is 0.493 e. The molecule has 0 aliphatic carbocycles. The van der Waals surface area contributed by atoms with Crippen LogP contribution in [0.2, 0.25) is 0 Å². The van der Waals surface area contributed by atoms with E-state index in [1.54, 1.807) is 27.2 Å². The summed E-state index contributed by atoms with van der Waals surface area (Å²) in [5.41, 5.74) is 2.95. The second-order valence-corrected chi connectivity index (χ2v) is 9.14. The third kappa shape index (κ3) is 5.82. The van der Waals surface area contributed by atoms with Gasteiger partial charge in [0.25, 0.3) is 0 Å². The molecular formula is C28H35N3O5. The number of para-hydroxylation sites is 1. The number of esters is 1. The number of likely N-dealkylation sites (tertiary alicyclic amines) is 1. The van der Waals surface area contributed by atoms with Crippen LogP contribution in [0, 0.1) is 5.92 Å². The Kier molecular flexibility index (Phi) is 8.48. The van der Waals surface area contributed by atoms with Crippen molar-refractivity contribution in [2.24, 2.45) is 5.92 Å². The van der Waals surface area contributed by atoms with Gasteiger partial charge in [0.15, 0.2) is 11.5 Å². The molecule has 8 nitrogen and oxygen atoms in total. The number of nitrogens with one attached hydrogen (secondary N) is 2. The molecule has 0 spiro atoms. The predicted octanol–water partition coefficient (Wildman–Crippen LogP) is 3.83. The number of amides is 2. The Balaban J connectivity index is 1.58. The normalized spacial score (nSPS) is 18.9. The first-order valence-electron chi connectivity index (χ1n) is 12.5. The maximum Gasteiger partial charge on any atom is 0.338 e. The summed E-state index contributed by atoms with van der Waals surface area (Å²) >= 11 is 0. The van der Waals surface area contributed by atoms with Crippen LogP contribution < -0.4 is 20.1 Å². The van der Waals surface area contributed by atoms with Crippen molar-refractivity contribution in [1.29, 1.82) is 0 Å². The Morgan fingerprint density at radius 1 is 1.03 bits per heavy atom. The number of carbonyl (C=O) groups is 2. The van der Waals surface area contributed by atoms with Crippen LogP contribution in [0.25, 0.3) is 0 Å². The van der Waals surface area contributed by atoms with Gasteiger partial charge in [-0.3, -0.25) is 4.90 Å². The monoisotopic (exact) mass is 493 g/mol. The predicted molar refractivity (Wildman–Crippen MR) is 137 cm³/mol. The van der Waals surface area contributed by atoms with Crippen molar-refractivity contribution in [2.45, 2.75) is 32.2 Å². The molecule has 36 heavy (non-hydrogen) atoms. The SMILES string of the molecule is CCOC(=O)C1=C(CN2CCC(Cc3ccccc3)CC2)NC(=O)NC1c1cccc(OC)c1OC. The quantitative estimate of drug-likeness (QED) is 0.516. The van der Waals surface area contributed by atoms with Gasteiger partial charge in [-0.2, -0.15) is 0 Å². The third-order valence-corrected chi connectivity index (χ3v) is 6.85. The molecule has 1 saturated heterocycles. The molecule has 0 bridgehead atoms. The van der Waals surface area contributed by atoms with Crippen molar-refractivity contribution in [1.82, 2.24) is 15.5 Å². The van der Waals surface area contributed by atoms with Gasteiger partial charge < -0.3 is 24.8 Å². The fraction of sp³-hybridized carbons (Fsp3) is 0.429. The minimum absolute atomic E-state index is 0.233. The summed E-state index contributed by atoms with van der Waals surface area (Å²) in [6.07, 6.45) is 3.20. The number of benzene rings is 2. The zero-order valence-electron chi connectivity index (χ0n) is 21.2. The van der Waals surface area contributed by atoms with Crippen LogP contribution >= 0.6 is 0 Å². The molecule has 2 aromatic carbocycles. The molecule has 4 rings (SSSR count). The van der Waals surface area contributed by atoms with Gasteiger partial charge >= 0.3 is 12.0 Å². The molecule has 0 saturated carbocycles. The molecule has 8 heteroatoms. The maximum atomic E-state index is 13.2. The first kappa shape index (κ1) is 25.6. The Morgan fingerprint density at radius 2 is 1.78 bits per heavy atom. The second-order valence-electron chi connectivity index (χ2n) is 9.14. The van der Waals surface area contributed by atoms with E-state index >= 15 is 0 Å². The molecule has 1 fully saturated rings. The Labute approximate surface area is 212 Å². The fourth-order valence-electron chi connectivity index (χ4n) is 5.08. The summed E-state index contributed by atoms with van der Waals surface area (Å²) in [5.74, 6) is 1.15. The van der Waals surface area contributed by atoms with Crippen LogP contribution in [0.4, 0.5) is 4.79 Å². The van der Waals surface area contributed by atoms with Crippen LogP contribution in [0.15, 0.2) is 59.8 Å². The van der Waals surface area contributed by atoms with E-state index in [1.807, 2.05) is 18.2 Å². The average Bonchev–Trinajstić information content (AvgIpc) is 2.89. The van der Waals surface area contributed by atoms with Crippen molar-refractivity contribution < 1.29 is 23.8 Å². The standard InChI is InChI=1S/C28H35N3O5/c1-4-36-27(32)24-22(18-31-15-13-20(14-16-31)17-19-9-6-5-7-10-19)29-28(33)30-25(24)21-11-8-12-23(34-2)26(21)35-3/h5-12,20,25H,4,13-18H2,1-3H3,(H2,29,30,33). The smallest absolute Gasteiger partial charge is 0.338 e. The van der Waals surface area contributed by atoms with Crippen molar-refractivity contribution >= 4 is 12.0 Å². The van der Waals surface area contributed by atoms with E-state index in [1.165, 1.54) is 5.56 Å². The molecule has 0 aromatic heterocycles. The minimum Gasteiger partial charge on any atom is -0.493 e. The highest BCUT2D eigenvalue weighted by molar-refractivity contribution is 5.95. The molecule has 2 N–H and O–H groups in total. The van der Waals surface area contributed by atoms with E-state index in [2.05, 4.69) is 39.8 Å². The van der Waals surface area contributed by atoms with Gasteiger partial charge in [0.05, 0.1) is 32.4 Å². The lowest BCUT2D eigenvalue weighted by Crippen LogP contribution is -2.49. The van der Waals surface area contributed by atoms with E-state index in [-0.39, 0.29) is 12.6 Å². The number of hydrogen-bond acceptors (Lipinski definition) is 6. The average molecular weight is 494 g/mol. The maximum absolute atomic E-state index is 13.2. The van der Waals surface area contributed by atoms with Gasteiger partial charge in [-0.05, 0) is 56.8 Å². The molecule has 192 valence electrons. The first-order chi connectivity index (χ1) is 17.5. The van der Waals surface area contributed by atoms with Crippen LogP contribution in [0.5, 0.6) is 11.5 Å². The molecule has 1 atom stereocenters. The van der Waals surface area contributed by atoms with Gasteiger partial charge in [0.2, 0.25) is 0 Å². The highest BCUT2D eigenvalue weighted by atomic mass is 16.5. The van der Waals surface area contributed by atoms with Crippen molar-refractivity contribution in [2.75, 3.05) is 40.5 Å². The topological polar surface area (TPSA) is 89.1 Å². The minimum atomic E-state index is -0.728. The summed E-state index contributed by atoms with van der Waals surface area (Å²) in [5, 5.41) is 5.77. The molecule has 1 unspecified atom stereocenters. The Bertz CT molecular complexity index is 1090. The fourth-order valence-corrected chi connectivity index (χ4v) is 5.08. The molecule has 2 aliphatic heterocycles. The number of urea groups is 1. The zero-order valence-corrected chi connectivity index (χ0v) is 21.2. The number of rotatable bonds is 9. The van der Waals surface area contributed by atoms with E-state index in [9.17, 15) is 9.59 Å². The molecule has 2 amide bonds. The number of piperidine rings is 1. The lowest BCUT2D eigenvalue weighted by atomic mass is 9.89. The van der Waals surface area contributed by atoms with Crippen LogP contribution in [0.3, 0.4) is 0 Å². The first-order valence-corrected chi connectivity index (χ1v) is 12.5. The van der Waals surface area contributed by atoms with E-state index in [0.29, 0.717) is 40.8 Å². The molecule has 2 aliphatic rings. The summed E-state index contributed by atoms with van der Waals surface area (Å²) < 4.78 is 16.5. The van der Waals surface area contributed by atoms with Crippen LogP contribution in [-0.4, -0.2) is 57.4 Å². The lowest BCUT2D eigenvalue weighted by Gasteiger charge is -2.35. The van der Waals surface area contributed by atoms with E-state index in [4.69, 9.17) is 14.2 Å². The van der Waals surface area contributed by atoms with Gasteiger partial charge in [-0.15, -0.1) is 0 Å². The third-order valence-electron chi connectivity index (χ3n) is 6.85. The summed E-state index contributed by atoms with van der Waals surface area (Å²) in [7, 11) is 3.09. The second kappa shape index (κ2) is 11.9. The summed E-state index contributed by atoms with van der Waals surface area (Å²) in [6.45, 7) is 4.26. The van der Waals surface area contributed by atoms with E-state index < -0.39 is 12.0 Å². The molecular weight excluding hydrogens is 458 g/mol. The number of ether oxygens (including phenoxy) is 3. The lowest BCUT2D eigenvalue weighted by molar-refractivity contribution is -0.139. The highest BCUT2D eigenvalue weighted by Gasteiger charge is 2.36. The molecule has 2 aromatic rings. The number of nitrogens with zero attached hydrogens (tertiary/aromatic N) is 1. The molecule has 2 heterocycles. The summed E-state index contributed by atoms with van der Waals surface area (Å²) in [4.78, 5) is 28.2.